The van der Waals surface area contributed by atoms with Crippen LogP contribution in [-0.4, -0.2) is 20.7 Å². The lowest BCUT2D eigenvalue weighted by Crippen LogP contribution is -2.25. The Morgan fingerprint density at radius 3 is 2.68 bits per heavy atom. The van der Waals surface area contributed by atoms with E-state index in [1.807, 2.05) is 31.2 Å². The summed E-state index contributed by atoms with van der Waals surface area (Å²) in [4.78, 5) is 17.0. The van der Waals surface area contributed by atoms with Crippen molar-refractivity contribution in [3.63, 3.8) is 0 Å². The minimum atomic E-state index is -0.668. The van der Waals surface area contributed by atoms with Gasteiger partial charge in [-0.1, -0.05) is 23.5 Å². The molecule has 5 rings (SSSR count). The van der Waals surface area contributed by atoms with Gasteiger partial charge in [-0.25, -0.2) is 13.8 Å². The number of amides is 1. The summed E-state index contributed by atoms with van der Waals surface area (Å²) in [5, 5.41) is 8.06. The van der Waals surface area contributed by atoms with Gasteiger partial charge in [-0.3, -0.25) is 4.79 Å². The van der Waals surface area contributed by atoms with E-state index in [2.05, 4.69) is 15.4 Å². The molecule has 2 aromatic carbocycles. The van der Waals surface area contributed by atoms with E-state index < -0.39 is 17.6 Å². The van der Waals surface area contributed by atoms with E-state index in [4.69, 9.17) is 0 Å². The second-order valence-corrected chi connectivity index (χ2v) is 7.74. The summed E-state index contributed by atoms with van der Waals surface area (Å²) in [5.41, 5.74) is 2.70. The highest BCUT2D eigenvalue weighted by Gasteiger charge is 2.33. The van der Waals surface area contributed by atoms with Crippen LogP contribution in [0, 0.1) is 18.6 Å². The molecule has 3 heterocycles. The molecule has 0 saturated heterocycles. The fourth-order valence-corrected chi connectivity index (χ4v) is 4.62. The third kappa shape index (κ3) is 2.68. The number of benzene rings is 2. The van der Waals surface area contributed by atoms with E-state index in [-0.39, 0.29) is 12.3 Å². The number of halogens is 2. The number of para-hydroxylation sites is 1. The average Bonchev–Trinajstić information content (AvgIpc) is 3.21. The van der Waals surface area contributed by atoms with Gasteiger partial charge >= 0.3 is 0 Å². The van der Waals surface area contributed by atoms with Crippen LogP contribution < -0.4 is 5.32 Å². The van der Waals surface area contributed by atoms with Crippen molar-refractivity contribution in [1.29, 1.82) is 0 Å². The van der Waals surface area contributed by atoms with Gasteiger partial charge in [0.15, 0.2) is 0 Å². The summed E-state index contributed by atoms with van der Waals surface area (Å²) in [7, 11) is 0. The van der Waals surface area contributed by atoms with Gasteiger partial charge in [0.2, 0.25) is 11.0 Å². The number of carbonyl (C=O) groups is 1. The van der Waals surface area contributed by atoms with E-state index in [9.17, 15) is 13.6 Å². The SMILES string of the molecule is Cc1nn(-c2nc3ccccc3s2)c2c1[C@@H](c1cc(F)cc(F)c1)CC(=O)N2. The molecule has 5 nitrogen and oxygen atoms in total. The molecule has 0 bridgehead atoms. The Kier molecular flexibility index (Phi) is 3.77. The Balaban J connectivity index is 1.69. The third-order valence-electron chi connectivity index (χ3n) is 4.85. The van der Waals surface area contributed by atoms with E-state index in [1.165, 1.54) is 23.5 Å². The molecule has 28 heavy (non-hydrogen) atoms. The summed E-state index contributed by atoms with van der Waals surface area (Å²) in [6.45, 7) is 1.82. The smallest absolute Gasteiger partial charge is 0.226 e. The minimum absolute atomic E-state index is 0.0995. The van der Waals surface area contributed by atoms with Crippen molar-refractivity contribution in [2.45, 2.75) is 19.3 Å². The number of nitrogens with zero attached hydrogens (tertiary/aromatic N) is 3. The molecular formula is C20H14F2N4OS. The molecule has 0 aliphatic carbocycles. The number of nitrogens with one attached hydrogen (secondary N) is 1. The largest absolute Gasteiger partial charge is 0.310 e. The second-order valence-electron chi connectivity index (χ2n) is 6.73. The monoisotopic (exact) mass is 396 g/mol. The zero-order valence-corrected chi connectivity index (χ0v) is 15.6. The molecule has 0 radical (unpaired) electrons. The molecular weight excluding hydrogens is 382 g/mol. The van der Waals surface area contributed by atoms with Crippen LogP contribution in [0.3, 0.4) is 0 Å². The number of fused-ring (bicyclic) bond motifs is 2. The third-order valence-corrected chi connectivity index (χ3v) is 5.87. The van der Waals surface area contributed by atoms with Crippen LogP contribution in [0.4, 0.5) is 14.6 Å². The maximum atomic E-state index is 13.8. The lowest BCUT2D eigenvalue weighted by molar-refractivity contribution is -0.116. The molecule has 1 N–H and O–H groups in total. The fraction of sp³-hybridized carbons (Fsp3) is 0.150. The summed E-state index contributed by atoms with van der Waals surface area (Å²) < 4.78 is 30.2. The average molecular weight is 396 g/mol. The normalized spacial score (nSPS) is 16.2. The molecule has 0 spiro atoms. The number of rotatable bonds is 2. The van der Waals surface area contributed by atoms with E-state index in [1.54, 1.807) is 4.68 Å². The highest BCUT2D eigenvalue weighted by atomic mass is 32.1. The molecule has 1 aliphatic rings. The van der Waals surface area contributed by atoms with Crippen molar-refractivity contribution in [1.82, 2.24) is 14.8 Å². The first-order valence-corrected chi connectivity index (χ1v) is 9.52. The molecule has 8 heteroatoms. The molecule has 0 saturated carbocycles. The Bertz CT molecular complexity index is 1190. The molecule has 2 aromatic heterocycles. The number of hydrogen-bond acceptors (Lipinski definition) is 4. The summed E-state index contributed by atoms with van der Waals surface area (Å²) in [5.74, 6) is -1.54. The van der Waals surface area contributed by atoms with E-state index in [0.29, 0.717) is 22.2 Å². The highest BCUT2D eigenvalue weighted by molar-refractivity contribution is 7.20. The Hall–Kier alpha value is -3.13. The number of aryl methyl sites for hydroxylation is 1. The highest BCUT2D eigenvalue weighted by Crippen LogP contribution is 2.41. The molecule has 0 unspecified atom stereocenters. The zero-order chi connectivity index (χ0) is 19.4. The fourth-order valence-electron chi connectivity index (χ4n) is 3.70. The topological polar surface area (TPSA) is 59.8 Å². The summed E-state index contributed by atoms with van der Waals surface area (Å²) in [6, 6.07) is 11.1. The lowest BCUT2D eigenvalue weighted by Gasteiger charge is -2.24. The summed E-state index contributed by atoms with van der Waals surface area (Å²) in [6.07, 6.45) is 0.0995. The number of hydrogen-bond donors (Lipinski definition) is 1. The van der Waals surface area contributed by atoms with Crippen LogP contribution in [0.2, 0.25) is 0 Å². The molecule has 4 aromatic rings. The van der Waals surface area contributed by atoms with Crippen LogP contribution in [0.1, 0.15) is 29.2 Å². The van der Waals surface area contributed by atoms with Gasteiger partial charge in [-0.2, -0.15) is 9.78 Å². The molecule has 1 amide bonds. The quantitative estimate of drug-likeness (QED) is 0.541. The number of anilines is 1. The Morgan fingerprint density at radius 2 is 1.93 bits per heavy atom. The van der Waals surface area contributed by atoms with Gasteiger partial charge < -0.3 is 5.32 Å². The van der Waals surface area contributed by atoms with Gasteiger partial charge in [0.25, 0.3) is 0 Å². The van der Waals surface area contributed by atoms with Crippen LogP contribution in [0.15, 0.2) is 42.5 Å². The molecule has 140 valence electrons. The van der Waals surface area contributed by atoms with Crippen molar-refractivity contribution < 1.29 is 13.6 Å². The molecule has 1 atom stereocenters. The van der Waals surface area contributed by atoms with Crippen molar-refractivity contribution in [3.05, 3.63) is 70.9 Å². The van der Waals surface area contributed by atoms with Crippen LogP contribution in [0.25, 0.3) is 15.3 Å². The van der Waals surface area contributed by atoms with E-state index >= 15 is 0 Å². The van der Waals surface area contributed by atoms with E-state index in [0.717, 1.165) is 21.8 Å². The number of aromatic nitrogens is 3. The van der Waals surface area contributed by atoms with Gasteiger partial charge in [-0.05, 0) is 36.8 Å². The van der Waals surface area contributed by atoms with Crippen LogP contribution in [0.5, 0.6) is 0 Å². The minimum Gasteiger partial charge on any atom is -0.310 e. The Morgan fingerprint density at radius 1 is 1.18 bits per heavy atom. The standard InChI is InChI=1S/C20H14F2N4OS/c1-10-18-14(11-6-12(21)8-13(22)7-11)9-17(27)24-19(18)26(25-10)20-23-15-4-2-3-5-16(15)28-20/h2-8,14H,9H2,1H3,(H,24,27)/t14-/m1/s1. The van der Waals surface area contributed by atoms with Crippen molar-refractivity contribution in [2.75, 3.05) is 5.32 Å². The van der Waals surface area contributed by atoms with Gasteiger partial charge in [0, 0.05) is 24.0 Å². The van der Waals surface area contributed by atoms with Gasteiger partial charge in [0.1, 0.15) is 17.5 Å². The predicted molar refractivity (Wildman–Crippen MR) is 103 cm³/mol. The van der Waals surface area contributed by atoms with Gasteiger partial charge in [0.05, 0.1) is 15.9 Å². The Labute approximate surface area is 162 Å². The van der Waals surface area contributed by atoms with Crippen molar-refractivity contribution in [2.24, 2.45) is 0 Å². The molecule has 1 aliphatic heterocycles. The predicted octanol–water partition coefficient (Wildman–Crippen LogP) is 4.54. The number of carbonyl (C=O) groups excluding carboxylic acids is 1. The second kappa shape index (κ2) is 6.20. The van der Waals surface area contributed by atoms with Gasteiger partial charge in [-0.15, -0.1) is 0 Å². The molecule has 0 fully saturated rings. The maximum Gasteiger partial charge on any atom is 0.226 e. The van der Waals surface area contributed by atoms with Crippen LogP contribution >= 0.6 is 11.3 Å². The van der Waals surface area contributed by atoms with Crippen LogP contribution in [-0.2, 0) is 4.79 Å². The first-order valence-electron chi connectivity index (χ1n) is 8.71. The lowest BCUT2D eigenvalue weighted by atomic mass is 9.85. The van der Waals surface area contributed by atoms with Crippen molar-refractivity contribution in [3.8, 4) is 5.13 Å². The zero-order valence-electron chi connectivity index (χ0n) is 14.7. The summed E-state index contributed by atoms with van der Waals surface area (Å²) >= 11 is 1.46. The van der Waals surface area contributed by atoms with Crippen molar-refractivity contribution >= 4 is 33.3 Å². The first kappa shape index (κ1) is 17.0. The maximum absolute atomic E-state index is 13.8. The first-order chi connectivity index (χ1) is 13.5. The number of thiazole rings is 1.